The van der Waals surface area contributed by atoms with Gasteiger partial charge in [-0.2, -0.15) is 4.98 Å². The minimum Gasteiger partial charge on any atom is -0.497 e. The van der Waals surface area contributed by atoms with Gasteiger partial charge >= 0.3 is 6.03 Å². The third-order valence-corrected chi connectivity index (χ3v) is 3.11. The number of rotatable bonds is 7. The van der Waals surface area contributed by atoms with Crippen molar-refractivity contribution in [1.82, 2.24) is 9.97 Å². The van der Waals surface area contributed by atoms with Crippen molar-refractivity contribution in [3.63, 3.8) is 0 Å². The van der Waals surface area contributed by atoms with Gasteiger partial charge in [-0.15, -0.1) is 0 Å². The molecule has 0 aliphatic heterocycles. The zero-order chi connectivity index (χ0) is 17.4. The van der Waals surface area contributed by atoms with Gasteiger partial charge in [0.05, 0.1) is 7.11 Å². The Morgan fingerprint density at radius 3 is 2.62 bits per heavy atom. The first-order valence-corrected chi connectivity index (χ1v) is 7.62. The molecule has 1 aromatic heterocycles. The summed E-state index contributed by atoms with van der Waals surface area (Å²) in [6, 6.07) is 8.41. The van der Waals surface area contributed by atoms with Gasteiger partial charge in [-0.1, -0.05) is 0 Å². The van der Waals surface area contributed by atoms with Gasteiger partial charge < -0.3 is 21.1 Å². The Kier molecular flexibility index (Phi) is 6.32. The van der Waals surface area contributed by atoms with Crippen LogP contribution >= 0.6 is 0 Å². The van der Waals surface area contributed by atoms with E-state index in [0.29, 0.717) is 24.6 Å². The second-order valence-corrected chi connectivity index (χ2v) is 5.09. The fourth-order valence-electron chi connectivity index (χ4n) is 1.97. The van der Waals surface area contributed by atoms with Gasteiger partial charge in [0.25, 0.3) is 0 Å². The fourth-order valence-corrected chi connectivity index (χ4v) is 1.97. The van der Waals surface area contributed by atoms with E-state index in [1.807, 2.05) is 13.0 Å². The number of benzene rings is 1. The van der Waals surface area contributed by atoms with Crippen LogP contribution in [0.1, 0.15) is 12.1 Å². The van der Waals surface area contributed by atoms with Crippen molar-refractivity contribution < 1.29 is 9.53 Å². The fraction of sp³-hybridized carbons (Fsp3) is 0.312. The van der Waals surface area contributed by atoms with Gasteiger partial charge in [-0.05, 0) is 44.2 Å². The van der Waals surface area contributed by atoms with Gasteiger partial charge in [0, 0.05) is 24.0 Å². The number of ether oxygens (including phenoxy) is 1. The number of nitrogens with zero attached hydrogens (tertiary/aromatic N) is 2. The van der Waals surface area contributed by atoms with E-state index in [9.17, 15) is 4.79 Å². The second kappa shape index (κ2) is 8.68. The third-order valence-electron chi connectivity index (χ3n) is 3.11. The molecule has 0 spiro atoms. The number of nitrogens with two attached hydrogens (primary N) is 1. The molecule has 5 N–H and O–H groups in total. The van der Waals surface area contributed by atoms with Gasteiger partial charge in [0.1, 0.15) is 11.6 Å². The molecule has 0 radical (unpaired) electrons. The summed E-state index contributed by atoms with van der Waals surface area (Å²) in [4.78, 5) is 20.5. The van der Waals surface area contributed by atoms with Crippen LogP contribution < -0.4 is 26.4 Å². The number of nitrogens with one attached hydrogen (secondary N) is 3. The summed E-state index contributed by atoms with van der Waals surface area (Å²) in [6.07, 6.45) is 0.837. The summed E-state index contributed by atoms with van der Waals surface area (Å²) in [5.41, 5.74) is 6.85. The number of carbonyl (C=O) groups is 1. The van der Waals surface area contributed by atoms with Crippen LogP contribution in [-0.4, -0.2) is 36.2 Å². The van der Waals surface area contributed by atoms with Crippen LogP contribution in [-0.2, 0) is 0 Å². The predicted octanol–water partition coefficient (Wildman–Crippen LogP) is 2.20. The number of aryl methyl sites for hydroxylation is 1. The maximum absolute atomic E-state index is 12.0. The highest BCUT2D eigenvalue weighted by atomic mass is 16.5. The zero-order valence-electron chi connectivity index (χ0n) is 13.8. The summed E-state index contributed by atoms with van der Waals surface area (Å²) in [5.74, 6) is 1.60. The quantitative estimate of drug-likeness (QED) is 0.579. The molecule has 0 fully saturated rings. The van der Waals surface area contributed by atoms with Crippen LogP contribution in [0.5, 0.6) is 5.75 Å². The van der Waals surface area contributed by atoms with E-state index in [2.05, 4.69) is 25.9 Å². The molecule has 0 bridgehead atoms. The van der Waals surface area contributed by atoms with Crippen molar-refractivity contribution in [2.24, 2.45) is 5.73 Å². The zero-order valence-corrected chi connectivity index (χ0v) is 13.8. The number of amides is 2. The average molecular weight is 330 g/mol. The van der Waals surface area contributed by atoms with Crippen molar-refractivity contribution in [2.75, 3.05) is 36.1 Å². The van der Waals surface area contributed by atoms with Gasteiger partial charge in [0.2, 0.25) is 5.95 Å². The molecular formula is C16H22N6O2. The van der Waals surface area contributed by atoms with E-state index >= 15 is 0 Å². The Hall–Kier alpha value is -2.87. The van der Waals surface area contributed by atoms with Crippen molar-refractivity contribution in [1.29, 1.82) is 0 Å². The lowest BCUT2D eigenvalue weighted by atomic mass is 10.3. The van der Waals surface area contributed by atoms with E-state index < -0.39 is 6.03 Å². The molecule has 2 amide bonds. The maximum Gasteiger partial charge on any atom is 0.326 e. The van der Waals surface area contributed by atoms with E-state index in [0.717, 1.165) is 17.9 Å². The average Bonchev–Trinajstić information content (AvgIpc) is 2.55. The molecule has 1 aromatic carbocycles. The van der Waals surface area contributed by atoms with Gasteiger partial charge in [-0.25, -0.2) is 9.78 Å². The standard InChI is InChI=1S/C16H22N6O2/c1-11-10-14(18-9-3-8-17)21-15(19-11)22-16(23)20-12-4-6-13(24-2)7-5-12/h4-7,10H,3,8-9,17H2,1-2H3,(H3,18,19,20,21,22,23). The highest BCUT2D eigenvalue weighted by Crippen LogP contribution is 2.15. The smallest absolute Gasteiger partial charge is 0.326 e. The Morgan fingerprint density at radius 2 is 1.96 bits per heavy atom. The number of aromatic nitrogens is 2. The van der Waals surface area contributed by atoms with E-state index in [-0.39, 0.29) is 5.95 Å². The molecule has 24 heavy (non-hydrogen) atoms. The van der Waals surface area contributed by atoms with E-state index in [1.54, 1.807) is 31.4 Å². The van der Waals surface area contributed by atoms with Crippen LogP contribution in [0.15, 0.2) is 30.3 Å². The molecule has 128 valence electrons. The number of carbonyl (C=O) groups excluding carboxylic acids is 1. The van der Waals surface area contributed by atoms with Gasteiger partial charge in [0.15, 0.2) is 0 Å². The highest BCUT2D eigenvalue weighted by Gasteiger charge is 2.07. The molecule has 8 nitrogen and oxygen atoms in total. The lowest BCUT2D eigenvalue weighted by Gasteiger charge is -2.10. The maximum atomic E-state index is 12.0. The van der Waals surface area contributed by atoms with E-state index in [4.69, 9.17) is 10.5 Å². The lowest BCUT2D eigenvalue weighted by Crippen LogP contribution is -2.21. The normalized spacial score (nSPS) is 10.1. The number of methoxy groups -OCH3 is 1. The molecule has 0 atom stereocenters. The minimum absolute atomic E-state index is 0.233. The first-order valence-electron chi connectivity index (χ1n) is 7.62. The third kappa shape index (κ3) is 5.40. The topological polar surface area (TPSA) is 114 Å². The van der Waals surface area contributed by atoms with Crippen molar-refractivity contribution in [2.45, 2.75) is 13.3 Å². The Balaban J connectivity index is 1.97. The first kappa shape index (κ1) is 17.5. The van der Waals surface area contributed by atoms with Gasteiger partial charge in [-0.3, -0.25) is 5.32 Å². The highest BCUT2D eigenvalue weighted by molar-refractivity contribution is 5.98. The Labute approximate surface area is 140 Å². The van der Waals surface area contributed by atoms with Crippen LogP contribution in [0.2, 0.25) is 0 Å². The van der Waals surface area contributed by atoms with Crippen molar-refractivity contribution in [3.8, 4) is 5.75 Å². The van der Waals surface area contributed by atoms with Crippen LogP contribution in [0.4, 0.5) is 22.2 Å². The summed E-state index contributed by atoms with van der Waals surface area (Å²) in [7, 11) is 1.59. The van der Waals surface area contributed by atoms with E-state index in [1.165, 1.54) is 0 Å². The monoisotopic (exact) mass is 330 g/mol. The number of anilines is 3. The molecule has 0 unspecified atom stereocenters. The minimum atomic E-state index is -0.418. The molecule has 1 heterocycles. The lowest BCUT2D eigenvalue weighted by molar-refractivity contribution is 0.262. The van der Waals surface area contributed by atoms with Crippen LogP contribution in [0.3, 0.4) is 0 Å². The summed E-state index contributed by atoms with van der Waals surface area (Å²) in [6.45, 7) is 3.15. The molecule has 0 saturated heterocycles. The largest absolute Gasteiger partial charge is 0.497 e. The number of hydrogen-bond donors (Lipinski definition) is 4. The molecule has 0 aliphatic rings. The Morgan fingerprint density at radius 1 is 1.21 bits per heavy atom. The molecule has 8 heteroatoms. The number of hydrogen-bond acceptors (Lipinski definition) is 6. The molecular weight excluding hydrogens is 308 g/mol. The van der Waals surface area contributed by atoms with Crippen molar-refractivity contribution in [3.05, 3.63) is 36.0 Å². The molecule has 2 rings (SSSR count). The summed E-state index contributed by atoms with van der Waals surface area (Å²) in [5, 5.41) is 8.48. The second-order valence-electron chi connectivity index (χ2n) is 5.09. The first-order chi connectivity index (χ1) is 11.6. The molecule has 0 aliphatic carbocycles. The SMILES string of the molecule is COc1ccc(NC(=O)Nc2nc(C)cc(NCCCN)n2)cc1. The van der Waals surface area contributed by atoms with Crippen LogP contribution in [0.25, 0.3) is 0 Å². The van der Waals surface area contributed by atoms with Crippen LogP contribution in [0, 0.1) is 6.92 Å². The van der Waals surface area contributed by atoms with Crippen molar-refractivity contribution >= 4 is 23.5 Å². The summed E-state index contributed by atoms with van der Waals surface area (Å²) < 4.78 is 5.07. The predicted molar refractivity (Wildman–Crippen MR) is 94.6 cm³/mol. The summed E-state index contributed by atoms with van der Waals surface area (Å²) >= 11 is 0. The molecule has 2 aromatic rings. The number of urea groups is 1. The Bertz CT molecular complexity index is 675. The molecule has 0 saturated carbocycles.